The van der Waals surface area contributed by atoms with Crippen molar-refractivity contribution in [2.75, 3.05) is 20.6 Å². The lowest BCUT2D eigenvalue weighted by Crippen LogP contribution is -2.45. The molecular weight excluding hydrogens is 210 g/mol. The number of likely N-dealkylation sites (N-methyl/N-ethyl adjacent to an activating group) is 2. The Labute approximate surface area is 93.6 Å². The first kappa shape index (κ1) is 11.1. The van der Waals surface area contributed by atoms with Gasteiger partial charge in [0.15, 0.2) is 0 Å². The minimum Gasteiger partial charge on any atom is -0.329 e. The second-order valence-corrected chi connectivity index (χ2v) is 4.17. The van der Waals surface area contributed by atoms with Gasteiger partial charge in [0.25, 0.3) is 5.91 Å². The van der Waals surface area contributed by atoms with Gasteiger partial charge in [-0.1, -0.05) is 0 Å². The van der Waals surface area contributed by atoms with E-state index in [1.165, 1.54) is 11.9 Å². The molecule has 2 fully saturated rings. The molecule has 0 aromatic rings. The molecule has 2 heterocycles. The summed E-state index contributed by atoms with van der Waals surface area (Å²) < 4.78 is 0. The van der Waals surface area contributed by atoms with Gasteiger partial charge >= 0.3 is 0 Å². The van der Waals surface area contributed by atoms with Crippen LogP contribution in [0.5, 0.6) is 0 Å². The molecular formula is C10H15N3O3. The number of carbonyl (C=O) groups is 3. The molecule has 2 atom stereocenters. The molecule has 2 aliphatic rings. The van der Waals surface area contributed by atoms with E-state index in [9.17, 15) is 14.4 Å². The normalized spacial score (nSPS) is 30.8. The highest BCUT2D eigenvalue weighted by Gasteiger charge is 2.45. The van der Waals surface area contributed by atoms with Gasteiger partial charge in [-0.3, -0.25) is 19.3 Å². The van der Waals surface area contributed by atoms with Gasteiger partial charge in [0.2, 0.25) is 11.8 Å². The number of hydrogen-bond acceptors (Lipinski definition) is 4. The van der Waals surface area contributed by atoms with E-state index >= 15 is 0 Å². The Morgan fingerprint density at radius 2 is 1.94 bits per heavy atom. The monoisotopic (exact) mass is 225 g/mol. The van der Waals surface area contributed by atoms with Gasteiger partial charge in [0, 0.05) is 13.6 Å². The number of rotatable bonds is 2. The van der Waals surface area contributed by atoms with Crippen molar-refractivity contribution in [3.63, 3.8) is 0 Å². The number of nitrogens with zero attached hydrogens (tertiary/aromatic N) is 2. The molecule has 16 heavy (non-hydrogen) atoms. The van der Waals surface area contributed by atoms with Crippen LogP contribution in [0.4, 0.5) is 0 Å². The van der Waals surface area contributed by atoms with Crippen molar-refractivity contribution in [3.8, 4) is 0 Å². The maximum absolute atomic E-state index is 11.9. The standard InChI is InChI=1S/C10H15N3O3/c1-11-6-3-4-13(9(6)15)7-5-8(14)12(2)10(7)16/h6-7,11H,3-5H2,1-2H3. The third kappa shape index (κ3) is 1.49. The van der Waals surface area contributed by atoms with Crippen molar-refractivity contribution < 1.29 is 14.4 Å². The molecule has 6 nitrogen and oxygen atoms in total. The molecule has 0 aromatic heterocycles. The summed E-state index contributed by atoms with van der Waals surface area (Å²) in [5.74, 6) is -0.560. The third-order valence-corrected chi connectivity index (χ3v) is 3.32. The van der Waals surface area contributed by atoms with Crippen molar-refractivity contribution in [2.45, 2.75) is 24.9 Å². The first-order valence-corrected chi connectivity index (χ1v) is 5.34. The molecule has 0 aliphatic carbocycles. The molecule has 0 bridgehead atoms. The van der Waals surface area contributed by atoms with Gasteiger partial charge in [-0.2, -0.15) is 0 Å². The largest absolute Gasteiger partial charge is 0.329 e. The summed E-state index contributed by atoms with van der Waals surface area (Å²) in [4.78, 5) is 37.6. The second kappa shape index (κ2) is 3.86. The zero-order valence-corrected chi connectivity index (χ0v) is 9.40. The van der Waals surface area contributed by atoms with Crippen LogP contribution in [0.25, 0.3) is 0 Å². The van der Waals surface area contributed by atoms with E-state index in [0.717, 1.165) is 4.90 Å². The van der Waals surface area contributed by atoms with Gasteiger partial charge < -0.3 is 10.2 Å². The molecule has 0 saturated carbocycles. The fourth-order valence-corrected chi connectivity index (χ4v) is 2.26. The molecule has 88 valence electrons. The lowest BCUT2D eigenvalue weighted by molar-refractivity contribution is -0.141. The van der Waals surface area contributed by atoms with Crippen molar-refractivity contribution >= 4 is 17.7 Å². The summed E-state index contributed by atoms with van der Waals surface area (Å²) in [6.45, 7) is 0.544. The van der Waals surface area contributed by atoms with E-state index < -0.39 is 6.04 Å². The molecule has 2 saturated heterocycles. The number of amides is 3. The summed E-state index contributed by atoms with van der Waals surface area (Å²) >= 11 is 0. The number of imide groups is 1. The van der Waals surface area contributed by atoms with Crippen molar-refractivity contribution in [2.24, 2.45) is 0 Å². The molecule has 0 spiro atoms. The van der Waals surface area contributed by atoms with Crippen LogP contribution in [0.3, 0.4) is 0 Å². The van der Waals surface area contributed by atoms with Crippen molar-refractivity contribution in [3.05, 3.63) is 0 Å². The van der Waals surface area contributed by atoms with Gasteiger partial charge in [-0.15, -0.1) is 0 Å². The SMILES string of the molecule is CNC1CCN(C2CC(=O)N(C)C2=O)C1=O. The zero-order valence-electron chi connectivity index (χ0n) is 9.40. The third-order valence-electron chi connectivity index (χ3n) is 3.32. The smallest absolute Gasteiger partial charge is 0.252 e. The van der Waals surface area contributed by atoms with E-state index in [-0.39, 0.29) is 30.2 Å². The minimum absolute atomic E-state index is 0.0797. The summed E-state index contributed by atoms with van der Waals surface area (Å²) in [5, 5.41) is 2.90. The molecule has 6 heteroatoms. The molecule has 2 aliphatic heterocycles. The summed E-state index contributed by atoms with van der Waals surface area (Å²) in [7, 11) is 3.18. The lowest BCUT2D eigenvalue weighted by Gasteiger charge is -2.21. The second-order valence-electron chi connectivity index (χ2n) is 4.17. The Morgan fingerprint density at radius 1 is 1.25 bits per heavy atom. The predicted molar refractivity (Wildman–Crippen MR) is 55.4 cm³/mol. The first-order valence-electron chi connectivity index (χ1n) is 5.34. The van der Waals surface area contributed by atoms with Crippen LogP contribution in [0.2, 0.25) is 0 Å². The quantitative estimate of drug-likeness (QED) is 0.585. The van der Waals surface area contributed by atoms with E-state index in [2.05, 4.69) is 5.32 Å². The fraction of sp³-hybridized carbons (Fsp3) is 0.700. The zero-order chi connectivity index (χ0) is 11.9. The van der Waals surface area contributed by atoms with E-state index in [1.54, 1.807) is 7.05 Å². The van der Waals surface area contributed by atoms with Crippen LogP contribution in [0.1, 0.15) is 12.8 Å². The fourth-order valence-electron chi connectivity index (χ4n) is 2.26. The van der Waals surface area contributed by atoms with Gasteiger partial charge in [-0.25, -0.2) is 0 Å². The number of nitrogens with one attached hydrogen (secondary N) is 1. The number of hydrogen-bond donors (Lipinski definition) is 1. The highest BCUT2D eigenvalue weighted by molar-refractivity contribution is 6.07. The Bertz CT molecular complexity index is 355. The molecule has 2 unspecified atom stereocenters. The average Bonchev–Trinajstić information content (AvgIpc) is 2.74. The van der Waals surface area contributed by atoms with Crippen LogP contribution >= 0.6 is 0 Å². The Balaban J connectivity index is 2.13. The molecule has 1 N–H and O–H groups in total. The van der Waals surface area contributed by atoms with Crippen LogP contribution in [-0.2, 0) is 14.4 Å². The van der Waals surface area contributed by atoms with Crippen molar-refractivity contribution in [1.29, 1.82) is 0 Å². The average molecular weight is 225 g/mol. The Morgan fingerprint density at radius 3 is 2.38 bits per heavy atom. The van der Waals surface area contributed by atoms with E-state index in [0.29, 0.717) is 13.0 Å². The van der Waals surface area contributed by atoms with Gasteiger partial charge in [-0.05, 0) is 13.5 Å². The molecule has 2 rings (SSSR count). The first-order chi connectivity index (χ1) is 7.56. The van der Waals surface area contributed by atoms with Crippen LogP contribution in [0, 0.1) is 0 Å². The Hall–Kier alpha value is -1.43. The van der Waals surface area contributed by atoms with E-state index in [1.807, 2.05) is 0 Å². The number of likely N-dealkylation sites (tertiary alicyclic amines) is 2. The number of carbonyl (C=O) groups excluding carboxylic acids is 3. The summed E-state index contributed by atoms with van der Waals surface area (Å²) in [6.07, 6.45) is 0.814. The van der Waals surface area contributed by atoms with Gasteiger partial charge in [0.05, 0.1) is 12.5 Å². The molecule has 0 aromatic carbocycles. The highest BCUT2D eigenvalue weighted by Crippen LogP contribution is 2.22. The van der Waals surface area contributed by atoms with Crippen LogP contribution < -0.4 is 5.32 Å². The summed E-state index contributed by atoms with van der Waals surface area (Å²) in [5.41, 5.74) is 0. The minimum atomic E-state index is -0.580. The van der Waals surface area contributed by atoms with Crippen molar-refractivity contribution in [1.82, 2.24) is 15.1 Å². The topological polar surface area (TPSA) is 69.7 Å². The lowest BCUT2D eigenvalue weighted by atomic mass is 10.2. The molecule has 3 amide bonds. The van der Waals surface area contributed by atoms with Crippen LogP contribution in [0.15, 0.2) is 0 Å². The van der Waals surface area contributed by atoms with E-state index in [4.69, 9.17) is 0 Å². The molecule has 0 radical (unpaired) electrons. The van der Waals surface area contributed by atoms with Gasteiger partial charge in [0.1, 0.15) is 6.04 Å². The Kier molecular flexibility index (Phi) is 2.67. The highest BCUT2D eigenvalue weighted by atomic mass is 16.2. The van der Waals surface area contributed by atoms with Crippen LogP contribution in [-0.4, -0.2) is 60.2 Å². The maximum Gasteiger partial charge on any atom is 0.252 e. The summed E-state index contributed by atoms with van der Waals surface area (Å²) in [6, 6.07) is -0.794. The predicted octanol–water partition coefficient (Wildman–Crippen LogP) is -1.44. The maximum atomic E-state index is 11.9.